The van der Waals surface area contributed by atoms with E-state index in [4.69, 9.17) is 0 Å². The van der Waals surface area contributed by atoms with Crippen molar-refractivity contribution < 1.29 is 9.13 Å². The van der Waals surface area contributed by atoms with Gasteiger partial charge in [-0.25, -0.2) is 4.39 Å². The summed E-state index contributed by atoms with van der Waals surface area (Å²) in [5.41, 5.74) is 0. The molecule has 7 heavy (non-hydrogen) atoms. The lowest BCUT2D eigenvalue weighted by molar-refractivity contribution is 0.266. The molecular formula is C4H7FOS. The van der Waals surface area contributed by atoms with Crippen LogP contribution in [0.5, 0.6) is 0 Å². The first-order chi connectivity index (χ1) is 3.27. The molecule has 0 rings (SSSR count). The van der Waals surface area contributed by atoms with Gasteiger partial charge in [0.15, 0.2) is 5.05 Å². The van der Waals surface area contributed by atoms with Gasteiger partial charge in [-0.1, -0.05) is 0 Å². The van der Waals surface area contributed by atoms with E-state index < -0.39 is 6.67 Å². The van der Waals surface area contributed by atoms with Crippen molar-refractivity contribution in [2.75, 3.05) is 13.3 Å². The zero-order chi connectivity index (χ0) is 5.70. The summed E-state index contributed by atoms with van der Waals surface area (Å²) in [4.78, 5) is 0. The number of hydrogen-bond acceptors (Lipinski definition) is 2. The van der Waals surface area contributed by atoms with E-state index in [1.165, 1.54) is 0 Å². The molecule has 0 saturated carbocycles. The highest BCUT2D eigenvalue weighted by Crippen LogP contribution is 1.78. The minimum absolute atomic E-state index is 0.0926. The van der Waals surface area contributed by atoms with Gasteiger partial charge in [0.05, 0.1) is 0 Å². The molecular weight excluding hydrogens is 115 g/mol. The zero-order valence-corrected chi connectivity index (χ0v) is 4.93. The maximum Gasteiger partial charge on any atom is 0.156 e. The zero-order valence-electron chi connectivity index (χ0n) is 4.11. The summed E-state index contributed by atoms with van der Waals surface area (Å²) in [5, 5.41) is 0.401. The number of ether oxygens (including phenoxy) is 1. The van der Waals surface area contributed by atoms with Gasteiger partial charge in [-0.15, -0.1) is 0 Å². The van der Waals surface area contributed by atoms with E-state index in [1.54, 1.807) is 6.92 Å². The Morgan fingerprint density at radius 1 is 1.86 bits per heavy atom. The highest BCUT2D eigenvalue weighted by atomic mass is 32.1. The minimum atomic E-state index is -0.464. The molecule has 0 atom stereocenters. The first-order valence-electron chi connectivity index (χ1n) is 1.96. The molecule has 0 aliphatic heterocycles. The Kier molecular flexibility index (Phi) is 3.89. The van der Waals surface area contributed by atoms with Crippen LogP contribution in [0.25, 0.3) is 0 Å². The molecule has 0 radical (unpaired) electrons. The Balaban J connectivity index is 2.82. The maximum atomic E-state index is 11.2. The monoisotopic (exact) mass is 122 g/mol. The van der Waals surface area contributed by atoms with Crippen molar-refractivity contribution in [1.82, 2.24) is 0 Å². The van der Waals surface area contributed by atoms with Crippen LogP contribution in [0.15, 0.2) is 0 Å². The number of rotatable bonds is 2. The summed E-state index contributed by atoms with van der Waals surface area (Å²) in [6.07, 6.45) is 0. The van der Waals surface area contributed by atoms with Crippen molar-refractivity contribution in [2.24, 2.45) is 0 Å². The van der Waals surface area contributed by atoms with Crippen LogP contribution in [0.3, 0.4) is 0 Å². The second kappa shape index (κ2) is 3.99. The third-order valence-corrected chi connectivity index (χ3v) is 0.500. The predicted molar refractivity (Wildman–Crippen MR) is 30.2 cm³/mol. The average molecular weight is 122 g/mol. The summed E-state index contributed by atoms with van der Waals surface area (Å²) >= 11 is 4.47. The van der Waals surface area contributed by atoms with Crippen molar-refractivity contribution in [3.05, 3.63) is 0 Å². The van der Waals surface area contributed by atoms with Gasteiger partial charge in [0.25, 0.3) is 0 Å². The van der Waals surface area contributed by atoms with Gasteiger partial charge in [0.2, 0.25) is 0 Å². The normalized spacial score (nSPS) is 8.29. The molecule has 0 aliphatic rings. The lowest BCUT2D eigenvalue weighted by atomic mass is 10.8. The molecule has 0 aromatic carbocycles. The van der Waals surface area contributed by atoms with Gasteiger partial charge in [0, 0.05) is 6.92 Å². The Morgan fingerprint density at radius 3 is 2.57 bits per heavy atom. The quantitative estimate of drug-likeness (QED) is 0.511. The van der Waals surface area contributed by atoms with Gasteiger partial charge in [-0.05, 0) is 12.2 Å². The first-order valence-corrected chi connectivity index (χ1v) is 2.37. The van der Waals surface area contributed by atoms with Crippen molar-refractivity contribution in [3.63, 3.8) is 0 Å². The standard InChI is InChI=1S/C4H7FOS/c1-4(7)6-3-2-5/h2-3H2,1H3. The lowest BCUT2D eigenvalue weighted by Gasteiger charge is -1.95. The number of alkyl halides is 1. The maximum absolute atomic E-state index is 11.2. The van der Waals surface area contributed by atoms with Crippen LogP contribution in [-0.4, -0.2) is 18.3 Å². The molecule has 0 unspecified atom stereocenters. The average Bonchev–Trinajstić information content (AvgIpc) is 1.61. The summed E-state index contributed by atoms with van der Waals surface area (Å²) in [6.45, 7) is 1.24. The molecule has 0 bridgehead atoms. The topological polar surface area (TPSA) is 9.23 Å². The van der Waals surface area contributed by atoms with Crippen LogP contribution in [0.1, 0.15) is 6.92 Å². The summed E-state index contributed by atoms with van der Waals surface area (Å²) in [7, 11) is 0. The lowest BCUT2D eigenvalue weighted by Crippen LogP contribution is -1.98. The largest absolute Gasteiger partial charge is 0.485 e. The van der Waals surface area contributed by atoms with Gasteiger partial charge in [-0.3, -0.25) is 0 Å². The van der Waals surface area contributed by atoms with E-state index >= 15 is 0 Å². The molecule has 0 saturated heterocycles. The highest BCUT2D eigenvalue weighted by Gasteiger charge is 1.83. The third-order valence-electron chi connectivity index (χ3n) is 0.382. The van der Waals surface area contributed by atoms with Crippen molar-refractivity contribution in [2.45, 2.75) is 6.92 Å². The van der Waals surface area contributed by atoms with Crippen molar-refractivity contribution >= 4 is 17.3 Å². The van der Waals surface area contributed by atoms with E-state index in [1.807, 2.05) is 0 Å². The van der Waals surface area contributed by atoms with E-state index in [0.29, 0.717) is 5.05 Å². The van der Waals surface area contributed by atoms with Gasteiger partial charge < -0.3 is 4.74 Å². The fourth-order valence-corrected chi connectivity index (χ4v) is 0.266. The van der Waals surface area contributed by atoms with E-state index in [9.17, 15) is 4.39 Å². The fourth-order valence-electron chi connectivity index (χ4n) is 0.182. The highest BCUT2D eigenvalue weighted by molar-refractivity contribution is 7.80. The minimum Gasteiger partial charge on any atom is -0.485 e. The molecule has 3 heteroatoms. The second-order valence-corrected chi connectivity index (χ2v) is 1.60. The number of hydrogen-bond donors (Lipinski definition) is 0. The van der Waals surface area contributed by atoms with E-state index in [-0.39, 0.29) is 6.61 Å². The number of halogens is 1. The second-order valence-electron chi connectivity index (χ2n) is 1.03. The Hall–Kier alpha value is -0.180. The van der Waals surface area contributed by atoms with Crippen LogP contribution < -0.4 is 0 Å². The van der Waals surface area contributed by atoms with Gasteiger partial charge in [0.1, 0.15) is 13.3 Å². The van der Waals surface area contributed by atoms with Crippen LogP contribution in [-0.2, 0) is 4.74 Å². The molecule has 0 spiro atoms. The van der Waals surface area contributed by atoms with Crippen molar-refractivity contribution in [3.8, 4) is 0 Å². The van der Waals surface area contributed by atoms with Crippen LogP contribution in [0.2, 0.25) is 0 Å². The van der Waals surface area contributed by atoms with Crippen LogP contribution >= 0.6 is 12.2 Å². The van der Waals surface area contributed by atoms with Gasteiger partial charge in [-0.2, -0.15) is 0 Å². The van der Waals surface area contributed by atoms with Gasteiger partial charge >= 0.3 is 0 Å². The Labute approximate surface area is 47.5 Å². The summed E-state index contributed by atoms with van der Waals surface area (Å²) in [5.74, 6) is 0. The smallest absolute Gasteiger partial charge is 0.156 e. The number of thiocarbonyl (C=S) groups is 1. The molecule has 0 N–H and O–H groups in total. The van der Waals surface area contributed by atoms with Crippen molar-refractivity contribution in [1.29, 1.82) is 0 Å². The van der Waals surface area contributed by atoms with E-state index in [0.717, 1.165) is 0 Å². The third kappa shape index (κ3) is 5.82. The SMILES string of the molecule is CC(=S)OCCF. The molecule has 42 valence electrons. The molecule has 0 heterocycles. The van der Waals surface area contributed by atoms with Crippen LogP contribution in [0.4, 0.5) is 4.39 Å². The molecule has 0 fully saturated rings. The molecule has 1 nitrogen and oxygen atoms in total. The van der Waals surface area contributed by atoms with E-state index in [2.05, 4.69) is 17.0 Å². The predicted octanol–water partition coefficient (Wildman–Crippen LogP) is 1.32. The summed E-state index contributed by atoms with van der Waals surface area (Å²) < 4.78 is 15.7. The molecule has 0 aromatic heterocycles. The van der Waals surface area contributed by atoms with Crippen LogP contribution in [0, 0.1) is 0 Å². The summed E-state index contributed by atoms with van der Waals surface area (Å²) in [6, 6.07) is 0. The molecule has 0 aromatic rings. The molecule has 0 amide bonds. The Bertz CT molecular complexity index is 64.7. The first kappa shape index (κ1) is 6.82. The fraction of sp³-hybridized carbons (Fsp3) is 0.750. The Morgan fingerprint density at radius 2 is 2.43 bits per heavy atom. The molecule has 0 aliphatic carbocycles.